The van der Waals surface area contributed by atoms with Gasteiger partial charge in [-0.25, -0.2) is 4.98 Å². The average molecular weight is 552 g/mol. The number of hydrogen-bond donors (Lipinski definition) is 0. The van der Waals surface area contributed by atoms with Crippen molar-refractivity contribution in [3.63, 3.8) is 0 Å². The number of anilines is 2. The van der Waals surface area contributed by atoms with Crippen LogP contribution >= 0.6 is 0 Å². The molecule has 2 aromatic heterocycles. The molecule has 1 aromatic carbocycles. The Hall–Kier alpha value is -3.72. The van der Waals surface area contributed by atoms with Crippen molar-refractivity contribution in [2.75, 3.05) is 25.0 Å². The number of rotatable bonds is 8. The lowest BCUT2D eigenvalue weighted by molar-refractivity contribution is -0.137. The summed E-state index contributed by atoms with van der Waals surface area (Å²) in [7, 11) is 1.94. The lowest BCUT2D eigenvalue weighted by Gasteiger charge is -2.39. The summed E-state index contributed by atoms with van der Waals surface area (Å²) in [5.74, 6) is 0.568. The maximum atomic E-state index is 13.5. The van der Waals surface area contributed by atoms with Gasteiger partial charge in [-0.15, -0.1) is 0 Å². The predicted octanol–water partition coefficient (Wildman–Crippen LogP) is 6.49. The number of aromatic nitrogens is 2. The summed E-state index contributed by atoms with van der Waals surface area (Å²) in [4.78, 5) is 28.9. The van der Waals surface area contributed by atoms with Crippen LogP contribution in [0.2, 0.25) is 0 Å². The number of halogens is 3. The molecule has 1 amide bonds. The summed E-state index contributed by atoms with van der Waals surface area (Å²) in [5.41, 5.74) is 2.45. The molecular formula is C31H36F3N5O. The summed E-state index contributed by atoms with van der Waals surface area (Å²) >= 11 is 0. The van der Waals surface area contributed by atoms with Crippen LogP contribution in [0.1, 0.15) is 49.2 Å². The molecular weight excluding hydrogens is 515 g/mol. The van der Waals surface area contributed by atoms with Gasteiger partial charge in [0.2, 0.25) is 5.91 Å². The first kappa shape index (κ1) is 29.3. The third-order valence-corrected chi connectivity index (χ3v) is 7.35. The molecule has 6 nitrogen and oxygen atoms in total. The standard InChI is InChI=1S/C31H36F3N5O/c1-22(2)38-18-15-27(16-19-38)39(30(40)13-10-24-8-11-25(12-9-24)31(32,33)34)21-26-6-5-7-29(36-26)37(4)28-14-17-35-23(3)20-28/h5-14,17,20,22,27H,15-16,18-19,21H2,1-4H3. The van der Waals surface area contributed by atoms with E-state index in [4.69, 9.17) is 4.98 Å². The Bertz CT molecular complexity index is 1320. The Balaban J connectivity index is 1.55. The molecule has 0 atom stereocenters. The molecule has 0 N–H and O–H groups in total. The van der Waals surface area contributed by atoms with Gasteiger partial charge in [-0.1, -0.05) is 18.2 Å². The highest BCUT2D eigenvalue weighted by Crippen LogP contribution is 2.29. The van der Waals surface area contributed by atoms with Crippen LogP contribution in [-0.2, 0) is 17.5 Å². The highest BCUT2D eigenvalue weighted by atomic mass is 19.4. The van der Waals surface area contributed by atoms with Crippen molar-refractivity contribution in [3.05, 3.63) is 89.4 Å². The molecule has 4 rings (SSSR count). The smallest absolute Gasteiger partial charge is 0.330 e. The number of hydrogen-bond acceptors (Lipinski definition) is 5. The van der Waals surface area contributed by atoms with E-state index in [1.54, 1.807) is 12.3 Å². The molecule has 1 saturated heterocycles. The molecule has 0 bridgehead atoms. The first-order valence-corrected chi connectivity index (χ1v) is 13.5. The second-order valence-corrected chi connectivity index (χ2v) is 10.5. The van der Waals surface area contributed by atoms with Gasteiger partial charge < -0.3 is 14.7 Å². The Morgan fingerprint density at radius 3 is 2.42 bits per heavy atom. The van der Waals surface area contributed by atoms with Crippen molar-refractivity contribution in [2.45, 2.75) is 58.4 Å². The van der Waals surface area contributed by atoms with Crippen molar-refractivity contribution in [1.29, 1.82) is 0 Å². The van der Waals surface area contributed by atoms with E-state index in [1.165, 1.54) is 18.2 Å². The van der Waals surface area contributed by atoms with E-state index in [0.717, 1.165) is 61.0 Å². The Morgan fingerprint density at radius 2 is 1.80 bits per heavy atom. The maximum Gasteiger partial charge on any atom is 0.416 e. The van der Waals surface area contributed by atoms with Crippen LogP contribution in [0.3, 0.4) is 0 Å². The highest BCUT2D eigenvalue weighted by Gasteiger charge is 2.30. The van der Waals surface area contributed by atoms with E-state index in [9.17, 15) is 18.0 Å². The molecule has 3 aromatic rings. The lowest BCUT2D eigenvalue weighted by atomic mass is 10.0. The number of aryl methyl sites for hydroxylation is 1. The number of likely N-dealkylation sites (tertiary alicyclic amines) is 1. The van der Waals surface area contributed by atoms with Gasteiger partial charge in [-0.05, 0) is 81.7 Å². The van der Waals surface area contributed by atoms with Crippen LogP contribution in [-0.4, -0.2) is 57.9 Å². The second-order valence-electron chi connectivity index (χ2n) is 10.5. The van der Waals surface area contributed by atoms with Crippen molar-refractivity contribution in [3.8, 4) is 0 Å². The van der Waals surface area contributed by atoms with Crippen molar-refractivity contribution < 1.29 is 18.0 Å². The minimum atomic E-state index is -4.40. The van der Waals surface area contributed by atoms with Crippen LogP contribution in [0.15, 0.2) is 66.9 Å². The first-order chi connectivity index (χ1) is 19.0. The van der Waals surface area contributed by atoms with Crippen LogP contribution < -0.4 is 4.90 Å². The zero-order chi connectivity index (χ0) is 28.9. The number of piperidine rings is 1. The summed E-state index contributed by atoms with van der Waals surface area (Å²) < 4.78 is 38.8. The molecule has 1 aliphatic heterocycles. The van der Waals surface area contributed by atoms with Gasteiger partial charge in [-0.3, -0.25) is 9.78 Å². The number of nitrogens with zero attached hydrogens (tertiary/aromatic N) is 5. The molecule has 0 spiro atoms. The molecule has 3 heterocycles. The number of amides is 1. The SMILES string of the molecule is Cc1cc(N(C)c2cccc(CN(C(=O)C=Cc3ccc(C(F)(F)F)cc3)C3CCN(C(C)C)CC3)n2)ccn1. The normalized spacial score (nSPS) is 15.1. The number of carbonyl (C=O) groups is 1. The third-order valence-electron chi connectivity index (χ3n) is 7.35. The van der Waals surface area contributed by atoms with Gasteiger partial charge in [0.1, 0.15) is 5.82 Å². The Morgan fingerprint density at radius 1 is 1.10 bits per heavy atom. The largest absolute Gasteiger partial charge is 0.416 e. The summed E-state index contributed by atoms with van der Waals surface area (Å²) in [6, 6.07) is 15.0. The molecule has 40 heavy (non-hydrogen) atoms. The fraction of sp³-hybridized carbons (Fsp3) is 0.387. The fourth-order valence-corrected chi connectivity index (χ4v) is 4.94. The first-order valence-electron chi connectivity index (χ1n) is 13.5. The van der Waals surface area contributed by atoms with Crippen LogP contribution in [0.25, 0.3) is 6.08 Å². The molecule has 0 radical (unpaired) electrons. The van der Waals surface area contributed by atoms with E-state index < -0.39 is 11.7 Å². The Kier molecular flexibility index (Phi) is 9.25. The van der Waals surface area contributed by atoms with Crippen molar-refractivity contribution in [1.82, 2.24) is 19.8 Å². The number of carbonyl (C=O) groups excluding carboxylic acids is 1. The lowest BCUT2D eigenvalue weighted by Crippen LogP contribution is -2.48. The molecule has 1 fully saturated rings. The molecule has 212 valence electrons. The summed E-state index contributed by atoms with van der Waals surface area (Å²) in [5, 5.41) is 0. The maximum absolute atomic E-state index is 13.5. The number of pyridine rings is 2. The molecule has 9 heteroatoms. The van der Waals surface area contributed by atoms with Gasteiger partial charge in [0, 0.05) is 55.9 Å². The number of alkyl halides is 3. The van der Waals surface area contributed by atoms with E-state index >= 15 is 0 Å². The number of benzene rings is 1. The monoisotopic (exact) mass is 551 g/mol. The summed E-state index contributed by atoms with van der Waals surface area (Å²) in [6.45, 7) is 8.41. The molecule has 1 aliphatic rings. The molecule has 0 aliphatic carbocycles. The van der Waals surface area contributed by atoms with E-state index in [0.29, 0.717) is 18.2 Å². The minimum absolute atomic E-state index is 0.0331. The van der Waals surface area contributed by atoms with Crippen LogP contribution in [0, 0.1) is 6.92 Å². The van der Waals surface area contributed by atoms with Crippen LogP contribution in [0.5, 0.6) is 0 Å². The minimum Gasteiger partial charge on any atom is -0.330 e. The van der Waals surface area contributed by atoms with Crippen LogP contribution in [0.4, 0.5) is 24.7 Å². The molecule has 0 unspecified atom stereocenters. The van der Waals surface area contributed by atoms with Crippen molar-refractivity contribution in [2.24, 2.45) is 0 Å². The van der Waals surface area contributed by atoms with Gasteiger partial charge >= 0.3 is 6.18 Å². The van der Waals surface area contributed by atoms with E-state index in [1.807, 2.05) is 54.1 Å². The van der Waals surface area contributed by atoms with Crippen molar-refractivity contribution >= 4 is 23.5 Å². The van der Waals surface area contributed by atoms with Gasteiger partial charge in [0.25, 0.3) is 0 Å². The van der Waals surface area contributed by atoms with Gasteiger partial charge in [0.05, 0.1) is 17.8 Å². The van der Waals surface area contributed by atoms with E-state index in [-0.39, 0.29) is 11.9 Å². The molecule has 0 saturated carbocycles. The van der Waals surface area contributed by atoms with E-state index in [2.05, 4.69) is 23.7 Å². The average Bonchev–Trinajstić information content (AvgIpc) is 2.94. The quantitative estimate of drug-likeness (QED) is 0.300. The third kappa shape index (κ3) is 7.47. The Labute approximate surface area is 234 Å². The fourth-order valence-electron chi connectivity index (χ4n) is 4.94. The predicted molar refractivity (Wildman–Crippen MR) is 152 cm³/mol. The zero-order valence-corrected chi connectivity index (χ0v) is 23.4. The van der Waals surface area contributed by atoms with Gasteiger partial charge in [0.15, 0.2) is 0 Å². The second kappa shape index (κ2) is 12.6. The van der Waals surface area contributed by atoms with Gasteiger partial charge in [-0.2, -0.15) is 13.2 Å². The zero-order valence-electron chi connectivity index (χ0n) is 23.4. The topological polar surface area (TPSA) is 52.6 Å². The highest BCUT2D eigenvalue weighted by molar-refractivity contribution is 5.92. The summed E-state index contributed by atoms with van der Waals surface area (Å²) in [6.07, 6.45) is 2.07.